The number of guanidine groups is 1. The smallest absolute Gasteiger partial charge is 0.191 e. The van der Waals surface area contributed by atoms with Crippen LogP contribution >= 0.6 is 35.3 Å². The van der Waals surface area contributed by atoms with Gasteiger partial charge in [-0.15, -0.1) is 35.3 Å². The highest BCUT2D eigenvalue weighted by Gasteiger charge is 2.09. The zero-order chi connectivity index (χ0) is 16.5. The Balaban J connectivity index is 0.00000288. The predicted octanol–water partition coefficient (Wildman–Crippen LogP) is 2.83. The van der Waals surface area contributed by atoms with E-state index in [9.17, 15) is 0 Å². The quantitative estimate of drug-likeness (QED) is 0.370. The summed E-state index contributed by atoms with van der Waals surface area (Å²) in [6, 6.07) is 0. The molecule has 1 aromatic rings. The Labute approximate surface area is 167 Å². The third-order valence-corrected chi connectivity index (χ3v) is 5.37. The highest BCUT2D eigenvalue weighted by Crippen LogP contribution is 2.17. The number of rotatable bonds is 7. The molecule has 1 aliphatic rings. The lowest BCUT2D eigenvalue weighted by Gasteiger charge is -2.26. The molecule has 0 amide bonds. The average molecular weight is 465 g/mol. The van der Waals surface area contributed by atoms with Crippen LogP contribution in [0.15, 0.2) is 4.99 Å². The SMILES string of the molecule is CCc1nc(CCNC(=NC)NCCN2CCCCC2)sc1C.I. The highest BCUT2D eigenvalue weighted by atomic mass is 127. The number of aliphatic imine (C=N–C) groups is 1. The summed E-state index contributed by atoms with van der Waals surface area (Å²) in [5.74, 6) is 0.894. The van der Waals surface area contributed by atoms with Crippen molar-refractivity contribution in [1.82, 2.24) is 20.5 Å². The molecule has 2 heterocycles. The van der Waals surface area contributed by atoms with Gasteiger partial charge in [0, 0.05) is 38.0 Å². The first-order valence-corrected chi connectivity index (χ1v) is 9.66. The van der Waals surface area contributed by atoms with Crippen molar-refractivity contribution >= 4 is 41.3 Å². The minimum Gasteiger partial charge on any atom is -0.356 e. The molecule has 2 rings (SSSR count). The van der Waals surface area contributed by atoms with Gasteiger partial charge in [0.1, 0.15) is 0 Å². The van der Waals surface area contributed by atoms with Gasteiger partial charge < -0.3 is 15.5 Å². The number of piperidine rings is 1. The van der Waals surface area contributed by atoms with E-state index in [4.69, 9.17) is 0 Å². The number of hydrogen-bond acceptors (Lipinski definition) is 4. The highest BCUT2D eigenvalue weighted by molar-refractivity contribution is 14.0. The third kappa shape index (κ3) is 7.23. The number of nitrogens with one attached hydrogen (secondary N) is 2. The fraction of sp³-hybridized carbons (Fsp3) is 0.765. The van der Waals surface area contributed by atoms with Crippen LogP contribution in [0.25, 0.3) is 0 Å². The fourth-order valence-corrected chi connectivity index (χ4v) is 3.97. The zero-order valence-corrected chi connectivity index (χ0v) is 18.4. The molecule has 1 saturated heterocycles. The Morgan fingerprint density at radius 2 is 1.92 bits per heavy atom. The molecule has 1 fully saturated rings. The molecule has 0 spiro atoms. The molecule has 2 N–H and O–H groups in total. The summed E-state index contributed by atoms with van der Waals surface area (Å²) in [4.78, 5) is 12.9. The predicted molar refractivity (Wildman–Crippen MR) is 115 cm³/mol. The van der Waals surface area contributed by atoms with E-state index in [0.29, 0.717) is 0 Å². The van der Waals surface area contributed by atoms with Crippen LogP contribution in [0.3, 0.4) is 0 Å². The summed E-state index contributed by atoms with van der Waals surface area (Å²) in [6.45, 7) is 9.75. The molecule has 0 aliphatic carbocycles. The first kappa shape index (κ1) is 21.6. The van der Waals surface area contributed by atoms with Crippen LogP contribution in [0, 0.1) is 6.92 Å². The summed E-state index contributed by atoms with van der Waals surface area (Å²) in [6.07, 6.45) is 6.07. The van der Waals surface area contributed by atoms with E-state index in [0.717, 1.165) is 38.4 Å². The molecule has 0 atom stereocenters. The van der Waals surface area contributed by atoms with Crippen molar-refractivity contribution in [3.8, 4) is 0 Å². The largest absolute Gasteiger partial charge is 0.356 e. The van der Waals surface area contributed by atoms with Crippen LogP contribution in [0.4, 0.5) is 0 Å². The molecule has 1 aliphatic heterocycles. The number of halogens is 1. The van der Waals surface area contributed by atoms with Gasteiger partial charge in [-0.1, -0.05) is 13.3 Å². The van der Waals surface area contributed by atoms with Gasteiger partial charge in [0.15, 0.2) is 5.96 Å². The van der Waals surface area contributed by atoms with E-state index >= 15 is 0 Å². The lowest BCUT2D eigenvalue weighted by atomic mass is 10.1. The second-order valence-corrected chi connectivity index (χ2v) is 7.33. The normalized spacial score (nSPS) is 15.9. The van der Waals surface area contributed by atoms with Crippen molar-refractivity contribution in [3.63, 3.8) is 0 Å². The minimum absolute atomic E-state index is 0. The van der Waals surface area contributed by atoms with E-state index in [2.05, 4.69) is 39.4 Å². The maximum atomic E-state index is 4.69. The monoisotopic (exact) mass is 465 g/mol. The van der Waals surface area contributed by atoms with Crippen molar-refractivity contribution in [1.29, 1.82) is 0 Å². The van der Waals surface area contributed by atoms with Crippen molar-refractivity contribution in [2.24, 2.45) is 4.99 Å². The molecule has 0 saturated carbocycles. The summed E-state index contributed by atoms with van der Waals surface area (Å²) in [5.41, 5.74) is 1.24. The maximum Gasteiger partial charge on any atom is 0.191 e. The molecular formula is C17H32IN5S. The summed E-state index contributed by atoms with van der Waals surface area (Å²) >= 11 is 1.82. The molecule has 0 bridgehead atoms. The molecule has 24 heavy (non-hydrogen) atoms. The van der Waals surface area contributed by atoms with E-state index in [1.165, 1.54) is 47.9 Å². The standard InChI is InChI=1S/C17H31N5S.HI/c1-4-15-14(2)23-16(21-15)8-9-19-17(18-3)20-10-13-22-11-6-5-7-12-22;/h4-13H2,1-3H3,(H2,18,19,20);1H. The average Bonchev–Trinajstić information content (AvgIpc) is 2.94. The first-order valence-electron chi connectivity index (χ1n) is 8.85. The van der Waals surface area contributed by atoms with E-state index < -0.39 is 0 Å². The summed E-state index contributed by atoms with van der Waals surface area (Å²) in [5, 5.41) is 8.02. The van der Waals surface area contributed by atoms with Gasteiger partial charge in [0.2, 0.25) is 0 Å². The zero-order valence-electron chi connectivity index (χ0n) is 15.2. The minimum atomic E-state index is 0. The van der Waals surface area contributed by atoms with Gasteiger partial charge in [-0.25, -0.2) is 4.98 Å². The van der Waals surface area contributed by atoms with Crippen LogP contribution < -0.4 is 10.6 Å². The van der Waals surface area contributed by atoms with Crippen molar-refractivity contribution in [2.75, 3.05) is 39.8 Å². The van der Waals surface area contributed by atoms with E-state index in [1.807, 2.05) is 18.4 Å². The lowest BCUT2D eigenvalue weighted by molar-refractivity contribution is 0.232. The second-order valence-electron chi connectivity index (χ2n) is 6.04. The number of nitrogens with zero attached hydrogens (tertiary/aromatic N) is 3. The van der Waals surface area contributed by atoms with Crippen molar-refractivity contribution in [3.05, 3.63) is 15.6 Å². The Kier molecular flexibility index (Phi) is 10.8. The van der Waals surface area contributed by atoms with Gasteiger partial charge in [-0.3, -0.25) is 4.99 Å². The molecule has 0 unspecified atom stereocenters. The molecule has 7 heteroatoms. The molecule has 0 aromatic carbocycles. The summed E-state index contributed by atoms with van der Waals surface area (Å²) in [7, 11) is 1.83. The molecule has 138 valence electrons. The van der Waals surface area contributed by atoms with Gasteiger partial charge in [-0.2, -0.15) is 0 Å². The number of aryl methyl sites for hydroxylation is 2. The second kappa shape index (κ2) is 12.0. The van der Waals surface area contributed by atoms with Gasteiger partial charge >= 0.3 is 0 Å². The van der Waals surface area contributed by atoms with Crippen LogP contribution in [0.2, 0.25) is 0 Å². The van der Waals surface area contributed by atoms with Gasteiger partial charge in [-0.05, 0) is 39.3 Å². The van der Waals surface area contributed by atoms with Gasteiger partial charge in [0.25, 0.3) is 0 Å². The van der Waals surface area contributed by atoms with Crippen molar-refractivity contribution < 1.29 is 0 Å². The van der Waals surface area contributed by atoms with Crippen LogP contribution in [0.1, 0.15) is 41.8 Å². The van der Waals surface area contributed by atoms with Gasteiger partial charge in [0.05, 0.1) is 10.7 Å². The van der Waals surface area contributed by atoms with Crippen LogP contribution in [-0.4, -0.2) is 55.6 Å². The van der Waals surface area contributed by atoms with Crippen molar-refractivity contribution in [2.45, 2.75) is 46.0 Å². The summed E-state index contributed by atoms with van der Waals surface area (Å²) < 4.78 is 0. The lowest BCUT2D eigenvalue weighted by Crippen LogP contribution is -2.43. The van der Waals surface area contributed by atoms with Crippen LogP contribution in [-0.2, 0) is 12.8 Å². The first-order chi connectivity index (χ1) is 11.2. The number of hydrogen-bond donors (Lipinski definition) is 2. The topological polar surface area (TPSA) is 52.6 Å². The number of thiazole rings is 1. The molecule has 1 aromatic heterocycles. The molecular weight excluding hydrogens is 433 g/mol. The number of aromatic nitrogens is 1. The maximum absolute atomic E-state index is 4.69. The Morgan fingerprint density at radius 3 is 2.54 bits per heavy atom. The Morgan fingerprint density at radius 1 is 1.21 bits per heavy atom. The third-order valence-electron chi connectivity index (χ3n) is 4.30. The molecule has 5 nitrogen and oxygen atoms in total. The number of likely N-dealkylation sites (tertiary alicyclic amines) is 1. The van der Waals surface area contributed by atoms with Crippen LogP contribution in [0.5, 0.6) is 0 Å². The van der Waals surface area contributed by atoms with E-state index in [1.54, 1.807) is 0 Å². The Bertz CT molecular complexity index is 497. The fourth-order valence-electron chi connectivity index (χ4n) is 2.95. The van der Waals surface area contributed by atoms with E-state index in [-0.39, 0.29) is 24.0 Å². The Hall–Kier alpha value is -0.410. The molecule has 0 radical (unpaired) electrons.